The largest absolute Gasteiger partial charge is 0.444 e. The second-order valence-corrected chi connectivity index (χ2v) is 11.0. The van der Waals surface area contributed by atoms with E-state index in [0.717, 1.165) is 26.8 Å². The van der Waals surface area contributed by atoms with Gasteiger partial charge in [0.15, 0.2) is 0 Å². The summed E-state index contributed by atoms with van der Waals surface area (Å²) in [6.07, 6.45) is -1.46. The number of carbonyl (C=O) groups excluding carboxylic acids is 4. The van der Waals surface area contributed by atoms with Crippen LogP contribution in [0.4, 0.5) is 10.5 Å². The number of nitrogens with zero attached hydrogens (tertiary/aromatic N) is 1. The van der Waals surface area contributed by atoms with Gasteiger partial charge in [-0.2, -0.15) is 0 Å². The van der Waals surface area contributed by atoms with E-state index in [-0.39, 0.29) is 6.54 Å². The first-order valence-corrected chi connectivity index (χ1v) is 13.3. The van der Waals surface area contributed by atoms with Crippen molar-refractivity contribution in [2.45, 2.75) is 58.7 Å². The number of aliphatic hydroxyl groups is 1. The van der Waals surface area contributed by atoms with Crippen LogP contribution in [0.25, 0.3) is 10.8 Å². The number of nitrogens with two attached hydrogens (primary N) is 1. The summed E-state index contributed by atoms with van der Waals surface area (Å²) in [5, 5.41) is 17.2. The minimum atomic E-state index is -1.43. The molecule has 2 unspecified atom stereocenters. The quantitative estimate of drug-likeness (QED) is 0.296. The van der Waals surface area contributed by atoms with Crippen LogP contribution in [0, 0.1) is 13.8 Å². The molecule has 0 heterocycles. The van der Waals surface area contributed by atoms with E-state index < -0.39 is 54.5 Å². The number of amides is 4. The van der Waals surface area contributed by atoms with Crippen molar-refractivity contribution in [2.75, 3.05) is 18.5 Å². The summed E-state index contributed by atoms with van der Waals surface area (Å²) < 4.78 is 5.28. The normalized spacial score (nSPS) is 12.7. The van der Waals surface area contributed by atoms with Gasteiger partial charge in [-0.3, -0.25) is 14.4 Å². The third-order valence-electron chi connectivity index (χ3n) is 6.16. The number of ether oxygens (including phenoxy) is 1. The van der Waals surface area contributed by atoms with Crippen LogP contribution < -0.4 is 16.4 Å². The highest BCUT2D eigenvalue weighted by Crippen LogP contribution is 2.27. The molecule has 0 aliphatic carbocycles. The highest BCUT2D eigenvalue weighted by atomic mass is 16.6. The van der Waals surface area contributed by atoms with Crippen molar-refractivity contribution in [1.29, 1.82) is 0 Å². The molecule has 41 heavy (non-hydrogen) atoms. The minimum absolute atomic E-state index is 0.257. The van der Waals surface area contributed by atoms with Gasteiger partial charge in [0.25, 0.3) is 5.91 Å². The number of anilines is 1. The Morgan fingerprint density at radius 3 is 2.17 bits per heavy atom. The molecule has 10 heteroatoms. The van der Waals surface area contributed by atoms with E-state index in [1.807, 2.05) is 56.3 Å². The van der Waals surface area contributed by atoms with E-state index in [0.29, 0.717) is 11.3 Å². The fourth-order valence-corrected chi connectivity index (χ4v) is 4.64. The van der Waals surface area contributed by atoms with Crippen LogP contribution in [0.3, 0.4) is 0 Å². The summed E-state index contributed by atoms with van der Waals surface area (Å²) in [5.74, 6) is -2.16. The number of aryl methyl sites for hydroxylation is 2. The number of hydrogen-bond donors (Lipinski definition) is 4. The van der Waals surface area contributed by atoms with Gasteiger partial charge in [-0.25, -0.2) is 4.79 Å². The van der Waals surface area contributed by atoms with Gasteiger partial charge < -0.3 is 31.1 Å². The first-order chi connectivity index (χ1) is 19.3. The van der Waals surface area contributed by atoms with Crippen molar-refractivity contribution in [3.8, 4) is 0 Å². The summed E-state index contributed by atoms with van der Waals surface area (Å²) in [5.41, 5.74) is 7.28. The molecule has 218 valence electrons. The number of alkyl carbamates (subject to hydrolysis) is 1. The summed E-state index contributed by atoms with van der Waals surface area (Å²) in [4.78, 5) is 53.5. The lowest BCUT2D eigenvalue weighted by molar-refractivity contribution is -0.142. The number of benzene rings is 3. The van der Waals surface area contributed by atoms with Gasteiger partial charge in [-0.05, 0) is 63.1 Å². The second-order valence-electron chi connectivity index (χ2n) is 11.0. The highest BCUT2D eigenvalue weighted by Gasteiger charge is 2.37. The molecule has 0 aliphatic rings. The maximum Gasteiger partial charge on any atom is 0.408 e. The van der Waals surface area contributed by atoms with Gasteiger partial charge in [-0.15, -0.1) is 0 Å². The van der Waals surface area contributed by atoms with E-state index in [4.69, 9.17) is 10.5 Å². The molecule has 0 aromatic heterocycles. The Labute approximate surface area is 239 Å². The Morgan fingerprint density at radius 1 is 0.951 bits per heavy atom. The molecule has 3 rings (SSSR count). The number of aliphatic hydroxyl groups excluding tert-OH is 1. The molecule has 3 aromatic carbocycles. The zero-order chi connectivity index (χ0) is 30.3. The molecule has 3 aromatic rings. The predicted molar refractivity (Wildman–Crippen MR) is 157 cm³/mol. The topological polar surface area (TPSA) is 151 Å². The zero-order valence-electron chi connectivity index (χ0n) is 24.1. The highest BCUT2D eigenvalue weighted by molar-refractivity contribution is 6.01. The Hall–Kier alpha value is -4.44. The Bertz CT molecular complexity index is 1410. The molecule has 2 atom stereocenters. The molecule has 0 saturated heterocycles. The van der Waals surface area contributed by atoms with Crippen molar-refractivity contribution in [2.24, 2.45) is 5.73 Å². The van der Waals surface area contributed by atoms with E-state index in [1.54, 1.807) is 39.0 Å². The number of hydrogen-bond acceptors (Lipinski definition) is 6. The lowest BCUT2D eigenvalue weighted by Gasteiger charge is -2.34. The molecular weight excluding hydrogens is 524 g/mol. The standard InChI is InChI=1S/C31H38N4O6/c1-19-14-20(2)16-23(15-19)27(28(38)33-24-11-10-21-8-6-7-9-22(21)17-24)35(12-13-36)29(39)25(18-26(32)37)34-30(40)41-31(3,4)5/h6-11,14-17,25,27,36H,12-13,18H2,1-5H3,(H2,32,37)(H,33,38)(H,34,40). The van der Waals surface area contributed by atoms with Gasteiger partial charge in [0.2, 0.25) is 11.8 Å². The minimum Gasteiger partial charge on any atom is -0.444 e. The summed E-state index contributed by atoms with van der Waals surface area (Å²) in [6.45, 7) is 7.97. The number of nitrogens with one attached hydrogen (secondary N) is 2. The Kier molecular flexibility index (Phi) is 10.1. The molecule has 0 spiro atoms. The molecule has 0 aliphatic heterocycles. The monoisotopic (exact) mass is 562 g/mol. The van der Waals surface area contributed by atoms with Gasteiger partial charge in [0, 0.05) is 12.2 Å². The predicted octanol–water partition coefficient (Wildman–Crippen LogP) is 3.73. The molecular formula is C31H38N4O6. The zero-order valence-corrected chi connectivity index (χ0v) is 24.1. The van der Waals surface area contributed by atoms with E-state index >= 15 is 0 Å². The van der Waals surface area contributed by atoms with E-state index in [1.165, 1.54) is 0 Å². The molecule has 0 bridgehead atoms. The van der Waals surface area contributed by atoms with Crippen LogP contribution in [0.2, 0.25) is 0 Å². The van der Waals surface area contributed by atoms with Gasteiger partial charge in [0.05, 0.1) is 13.0 Å². The van der Waals surface area contributed by atoms with Crippen molar-refractivity contribution >= 4 is 40.3 Å². The average Bonchev–Trinajstić information content (AvgIpc) is 2.85. The van der Waals surface area contributed by atoms with Crippen LogP contribution in [0.15, 0.2) is 60.7 Å². The fourth-order valence-electron chi connectivity index (χ4n) is 4.64. The number of rotatable bonds is 10. The number of carbonyl (C=O) groups is 4. The van der Waals surface area contributed by atoms with E-state index in [2.05, 4.69) is 10.6 Å². The summed E-state index contributed by atoms with van der Waals surface area (Å²) in [7, 11) is 0. The first kappa shape index (κ1) is 31.1. The van der Waals surface area contributed by atoms with Gasteiger partial charge >= 0.3 is 6.09 Å². The van der Waals surface area contributed by atoms with Crippen LogP contribution in [0.1, 0.15) is 49.9 Å². The Morgan fingerprint density at radius 2 is 1.59 bits per heavy atom. The Balaban J connectivity index is 2.04. The molecule has 0 radical (unpaired) electrons. The average molecular weight is 563 g/mol. The van der Waals surface area contributed by atoms with Crippen LogP contribution in [-0.4, -0.2) is 58.6 Å². The molecule has 4 amide bonds. The molecule has 0 saturated carbocycles. The van der Waals surface area contributed by atoms with E-state index in [9.17, 15) is 24.3 Å². The smallest absolute Gasteiger partial charge is 0.408 e. The molecule has 0 fully saturated rings. The maximum atomic E-state index is 14.0. The lowest BCUT2D eigenvalue weighted by Crippen LogP contribution is -2.54. The number of primary amides is 1. The van der Waals surface area contributed by atoms with Crippen LogP contribution in [0.5, 0.6) is 0 Å². The van der Waals surface area contributed by atoms with Crippen molar-refractivity contribution < 1.29 is 29.0 Å². The molecule has 10 nitrogen and oxygen atoms in total. The van der Waals surface area contributed by atoms with Crippen molar-refractivity contribution in [1.82, 2.24) is 10.2 Å². The SMILES string of the molecule is Cc1cc(C)cc(C(C(=O)Nc2ccc3ccccc3c2)N(CCO)C(=O)C(CC(N)=O)NC(=O)OC(C)(C)C)c1. The third-order valence-corrected chi connectivity index (χ3v) is 6.16. The van der Waals surface area contributed by atoms with Crippen molar-refractivity contribution in [3.63, 3.8) is 0 Å². The van der Waals surface area contributed by atoms with Crippen LogP contribution in [-0.2, 0) is 19.1 Å². The lowest BCUT2D eigenvalue weighted by atomic mass is 9.98. The summed E-state index contributed by atoms with van der Waals surface area (Å²) in [6, 6.07) is 16.0. The first-order valence-electron chi connectivity index (χ1n) is 13.3. The maximum absolute atomic E-state index is 14.0. The summed E-state index contributed by atoms with van der Waals surface area (Å²) >= 11 is 0. The van der Waals surface area contributed by atoms with Gasteiger partial charge in [0.1, 0.15) is 17.7 Å². The number of fused-ring (bicyclic) bond motifs is 1. The van der Waals surface area contributed by atoms with Crippen LogP contribution >= 0.6 is 0 Å². The third kappa shape index (κ3) is 8.77. The van der Waals surface area contributed by atoms with Crippen molar-refractivity contribution in [3.05, 3.63) is 77.4 Å². The fraction of sp³-hybridized carbons (Fsp3) is 0.355. The molecule has 5 N–H and O–H groups in total. The second kappa shape index (κ2) is 13.3. The van der Waals surface area contributed by atoms with Gasteiger partial charge in [-0.1, -0.05) is 59.7 Å².